The van der Waals surface area contributed by atoms with Gasteiger partial charge in [0.15, 0.2) is 0 Å². The number of hydrogen-bond acceptors (Lipinski definition) is 8. The van der Waals surface area contributed by atoms with Crippen LogP contribution in [-0.4, -0.2) is 58.2 Å². The number of benzene rings is 4. The zero-order chi connectivity index (χ0) is 33.0. The second-order valence-electron chi connectivity index (χ2n) is 11.3. The average Bonchev–Trinajstić information content (AvgIpc) is 3.50. The standard InChI is InChI=1S/C37H35N3O7/c1-45-28-17-13-26(14-18-28)37(25-11-7-4-8-12-25,27-15-19-29(46-2)20-16-27)34(42)33-30(41)23-32(47-33)40-22-21-31(39-36(40)44)38-35(43)24-9-5-3-6-10-24/h3-22,30,32-34,41-42H,23H2,1-2H3,(H,38,39,43,44)/t30?,32-,33+,34?/m1/s1. The van der Waals surface area contributed by atoms with Crippen LogP contribution in [0.1, 0.15) is 39.7 Å². The van der Waals surface area contributed by atoms with Gasteiger partial charge in [0, 0.05) is 18.2 Å². The molecular weight excluding hydrogens is 598 g/mol. The molecule has 0 spiro atoms. The van der Waals surface area contributed by atoms with Crippen molar-refractivity contribution in [3.05, 3.63) is 154 Å². The highest BCUT2D eigenvalue weighted by Crippen LogP contribution is 2.47. The van der Waals surface area contributed by atoms with Crippen molar-refractivity contribution in [2.24, 2.45) is 0 Å². The molecule has 3 N–H and O–H groups in total. The molecule has 1 aliphatic heterocycles. The minimum absolute atomic E-state index is 0.0229. The zero-order valence-corrected chi connectivity index (χ0v) is 25.9. The van der Waals surface area contributed by atoms with E-state index >= 15 is 0 Å². The Morgan fingerprint density at radius 1 is 0.851 bits per heavy atom. The lowest BCUT2D eigenvalue weighted by atomic mass is 9.64. The first-order chi connectivity index (χ1) is 22.8. The number of amides is 1. The van der Waals surface area contributed by atoms with Gasteiger partial charge in [-0.3, -0.25) is 9.36 Å². The summed E-state index contributed by atoms with van der Waals surface area (Å²) in [7, 11) is 3.17. The van der Waals surface area contributed by atoms with Crippen molar-refractivity contribution in [1.82, 2.24) is 9.55 Å². The number of carbonyl (C=O) groups excluding carboxylic acids is 1. The molecule has 240 valence electrons. The van der Waals surface area contributed by atoms with Crippen molar-refractivity contribution >= 4 is 11.7 Å². The van der Waals surface area contributed by atoms with Crippen molar-refractivity contribution in [2.75, 3.05) is 19.5 Å². The van der Waals surface area contributed by atoms with Gasteiger partial charge in [0.25, 0.3) is 5.91 Å². The predicted molar refractivity (Wildman–Crippen MR) is 176 cm³/mol. The summed E-state index contributed by atoms with van der Waals surface area (Å²) in [5.74, 6) is 0.970. The van der Waals surface area contributed by atoms with E-state index in [2.05, 4.69) is 10.3 Å². The summed E-state index contributed by atoms with van der Waals surface area (Å²) in [6.45, 7) is 0. The third-order valence-electron chi connectivity index (χ3n) is 8.63. The molecule has 5 aromatic rings. The molecule has 0 bridgehead atoms. The van der Waals surface area contributed by atoms with E-state index in [-0.39, 0.29) is 12.2 Å². The quantitative estimate of drug-likeness (QED) is 0.191. The summed E-state index contributed by atoms with van der Waals surface area (Å²) in [4.78, 5) is 29.8. The van der Waals surface area contributed by atoms with Crippen molar-refractivity contribution in [3.8, 4) is 11.5 Å². The van der Waals surface area contributed by atoms with Crippen molar-refractivity contribution < 1.29 is 29.2 Å². The Labute approximate surface area is 271 Å². The highest BCUT2D eigenvalue weighted by Gasteiger charge is 2.52. The van der Waals surface area contributed by atoms with E-state index in [9.17, 15) is 19.8 Å². The summed E-state index contributed by atoms with van der Waals surface area (Å²) in [5, 5.41) is 26.6. The van der Waals surface area contributed by atoms with E-state index in [4.69, 9.17) is 14.2 Å². The van der Waals surface area contributed by atoms with Gasteiger partial charge in [-0.15, -0.1) is 0 Å². The fourth-order valence-corrected chi connectivity index (χ4v) is 6.28. The summed E-state index contributed by atoms with van der Waals surface area (Å²) in [5.41, 5.74) is 0.753. The van der Waals surface area contributed by atoms with Gasteiger partial charge in [0.1, 0.15) is 35.8 Å². The van der Waals surface area contributed by atoms with E-state index < -0.39 is 41.6 Å². The van der Waals surface area contributed by atoms with Crippen LogP contribution in [0.3, 0.4) is 0 Å². The van der Waals surface area contributed by atoms with Gasteiger partial charge in [-0.25, -0.2) is 4.79 Å². The third-order valence-corrected chi connectivity index (χ3v) is 8.63. The number of rotatable bonds is 10. The Kier molecular flexibility index (Phi) is 9.17. The molecule has 10 nitrogen and oxygen atoms in total. The second kappa shape index (κ2) is 13.6. The lowest BCUT2D eigenvalue weighted by Crippen LogP contribution is -2.51. The second-order valence-corrected chi connectivity index (χ2v) is 11.3. The van der Waals surface area contributed by atoms with Crippen LogP contribution in [0.4, 0.5) is 5.82 Å². The third kappa shape index (κ3) is 6.14. The Balaban J connectivity index is 1.36. The van der Waals surface area contributed by atoms with E-state index in [1.807, 2.05) is 78.9 Å². The molecular formula is C37H35N3O7. The molecule has 2 heterocycles. The molecule has 0 radical (unpaired) electrons. The average molecular weight is 634 g/mol. The van der Waals surface area contributed by atoms with Gasteiger partial charge in [-0.2, -0.15) is 4.98 Å². The molecule has 1 saturated heterocycles. The number of nitrogens with zero attached hydrogens (tertiary/aromatic N) is 2. The number of methoxy groups -OCH3 is 2. The topological polar surface area (TPSA) is 132 Å². The largest absolute Gasteiger partial charge is 0.497 e. The van der Waals surface area contributed by atoms with Crippen LogP contribution < -0.4 is 20.5 Å². The Hall–Kier alpha value is -5.29. The van der Waals surface area contributed by atoms with Crippen molar-refractivity contribution in [1.29, 1.82) is 0 Å². The van der Waals surface area contributed by atoms with Gasteiger partial charge in [0.05, 0.1) is 25.7 Å². The van der Waals surface area contributed by atoms with Crippen molar-refractivity contribution in [3.63, 3.8) is 0 Å². The minimum atomic E-state index is -1.33. The molecule has 6 rings (SSSR count). The van der Waals surface area contributed by atoms with Gasteiger partial charge in [-0.05, 0) is 59.2 Å². The monoisotopic (exact) mass is 633 g/mol. The first-order valence-electron chi connectivity index (χ1n) is 15.2. The number of carbonyl (C=O) groups is 1. The Morgan fingerprint density at radius 2 is 1.38 bits per heavy atom. The summed E-state index contributed by atoms with van der Waals surface area (Å²) in [6, 6.07) is 34.4. The number of nitrogens with one attached hydrogen (secondary N) is 1. The maximum atomic E-state index is 13.2. The molecule has 1 fully saturated rings. The first kappa shape index (κ1) is 31.7. The normalized spacial score (nSPS) is 18.3. The zero-order valence-electron chi connectivity index (χ0n) is 25.9. The molecule has 2 unspecified atom stereocenters. The Morgan fingerprint density at radius 3 is 1.91 bits per heavy atom. The first-order valence-corrected chi connectivity index (χ1v) is 15.2. The van der Waals surface area contributed by atoms with Crippen LogP contribution in [0.2, 0.25) is 0 Å². The van der Waals surface area contributed by atoms with E-state index in [0.717, 1.165) is 16.7 Å². The molecule has 4 atom stereocenters. The SMILES string of the molecule is COc1ccc(C(c2ccccc2)(c2ccc(OC)cc2)C(O)[C@H]2O[C@@H](n3ccc(NC(=O)c4ccccc4)nc3=O)CC2O)cc1. The van der Waals surface area contributed by atoms with E-state index in [1.165, 1.54) is 16.8 Å². The van der Waals surface area contributed by atoms with Gasteiger partial charge in [0.2, 0.25) is 0 Å². The fourth-order valence-electron chi connectivity index (χ4n) is 6.28. The summed E-state index contributed by atoms with van der Waals surface area (Å²) in [6.07, 6.45) is -3.04. The van der Waals surface area contributed by atoms with Crippen LogP contribution in [0.25, 0.3) is 0 Å². The highest BCUT2D eigenvalue weighted by atomic mass is 16.5. The lowest BCUT2D eigenvalue weighted by molar-refractivity contribution is -0.0976. The molecule has 1 aliphatic rings. The maximum absolute atomic E-state index is 13.2. The number of ether oxygens (including phenoxy) is 3. The maximum Gasteiger partial charge on any atom is 0.351 e. The summed E-state index contributed by atoms with van der Waals surface area (Å²) < 4.78 is 18.4. The number of hydrogen-bond donors (Lipinski definition) is 3. The fraction of sp³-hybridized carbons (Fsp3) is 0.216. The van der Waals surface area contributed by atoms with Gasteiger partial charge in [-0.1, -0.05) is 72.8 Å². The number of aliphatic hydroxyl groups is 2. The molecule has 4 aromatic carbocycles. The predicted octanol–water partition coefficient (Wildman–Crippen LogP) is 4.56. The smallest absolute Gasteiger partial charge is 0.351 e. The number of aliphatic hydroxyl groups excluding tert-OH is 2. The number of aromatic nitrogens is 2. The van der Waals surface area contributed by atoms with Crippen LogP contribution >= 0.6 is 0 Å². The van der Waals surface area contributed by atoms with E-state index in [0.29, 0.717) is 17.1 Å². The Bertz CT molecular complexity index is 1820. The van der Waals surface area contributed by atoms with Crippen LogP contribution in [0, 0.1) is 0 Å². The van der Waals surface area contributed by atoms with Crippen LogP contribution in [0.15, 0.2) is 126 Å². The summed E-state index contributed by atoms with van der Waals surface area (Å²) >= 11 is 0. The van der Waals surface area contributed by atoms with Crippen molar-refractivity contribution in [2.45, 2.75) is 36.4 Å². The highest BCUT2D eigenvalue weighted by molar-refractivity contribution is 6.03. The number of anilines is 1. The molecule has 0 saturated carbocycles. The van der Waals surface area contributed by atoms with E-state index in [1.54, 1.807) is 44.6 Å². The van der Waals surface area contributed by atoms with Crippen LogP contribution in [0.5, 0.6) is 11.5 Å². The molecule has 1 aromatic heterocycles. The molecule has 0 aliphatic carbocycles. The minimum Gasteiger partial charge on any atom is -0.497 e. The lowest BCUT2D eigenvalue weighted by Gasteiger charge is -2.43. The van der Waals surface area contributed by atoms with Crippen LogP contribution in [-0.2, 0) is 10.2 Å². The molecule has 1 amide bonds. The molecule has 47 heavy (non-hydrogen) atoms. The van der Waals surface area contributed by atoms with Gasteiger partial charge >= 0.3 is 5.69 Å². The molecule has 10 heteroatoms. The van der Waals surface area contributed by atoms with Gasteiger partial charge < -0.3 is 29.7 Å².